The van der Waals surface area contributed by atoms with E-state index >= 15 is 0 Å². The normalized spacial score (nSPS) is 14.5. The molecule has 1 atom stereocenters. The minimum absolute atomic E-state index is 0.334. The largest absolute Gasteiger partial charge is 0.456 e. The number of aryl methyl sites for hydroxylation is 1. The van der Waals surface area contributed by atoms with Crippen LogP contribution in [0.4, 0.5) is 0 Å². The molecule has 0 aliphatic rings. The summed E-state index contributed by atoms with van der Waals surface area (Å²) in [6, 6.07) is 3.70. The van der Waals surface area contributed by atoms with Gasteiger partial charge in [0, 0.05) is 13.0 Å². The Kier molecular flexibility index (Phi) is 4.01. The second-order valence-corrected chi connectivity index (χ2v) is 4.60. The number of nitrogens with two attached hydrogens (primary N) is 1. The second kappa shape index (κ2) is 5.54. The van der Waals surface area contributed by atoms with E-state index in [0.29, 0.717) is 30.7 Å². The van der Waals surface area contributed by atoms with Gasteiger partial charge in [-0.2, -0.15) is 4.98 Å². The molecule has 0 amide bonds. The number of hydrogen-bond donors (Lipinski definition) is 1. The van der Waals surface area contributed by atoms with E-state index in [0.717, 1.165) is 12.2 Å². The number of hydrogen-bond acceptors (Lipinski definition) is 6. The van der Waals surface area contributed by atoms with Crippen molar-refractivity contribution >= 4 is 0 Å². The fraction of sp³-hybridized carbons (Fsp3) is 0.538. The van der Waals surface area contributed by atoms with Crippen molar-refractivity contribution in [3.8, 4) is 11.7 Å². The molecule has 6 heteroatoms. The molecule has 2 aromatic rings. The van der Waals surface area contributed by atoms with Crippen LogP contribution < -0.4 is 5.73 Å². The maximum absolute atomic E-state index is 6.11. The maximum Gasteiger partial charge on any atom is 0.293 e. The summed E-state index contributed by atoms with van der Waals surface area (Å²) in [6.07, 6.45) is 0.819. The first-order valence-electron chi connectivity index (χ1n) is 6.36. The van der Waals surface area contributed by atoms with Crippen molar-refractivity contribution in [2.75, 3.05) is 13.2 Å². The van der Waals surface area contributed by atoms with Crippen LogP contribution in [0.1, 0.15) is 32.4 Å². The van der Waals surface area contributed by atoms with Gasteiger partial charge in [-0.3, -0.25) is 0 Å². The average molecular weight is 265 g/mol. The zero-order chi connectivity index (χ0) is 13.9. The number of rotatable bonds is 6. The van der Waals surface area contributed by atoms with Gasteiger partial charge in [0.2, 0.25) is 0 Å². The summed E-state index contributed by atoms with van der Waals surface area (Å²) in [5.41, 5.74) is 5.33. The first kappa shape index (κ1) is 13.8. The van der Waals surface area contributed by atoms with E-state index in [1.165, 1.54) is 0 Å². The van der Waals surface area contributed by atoms with Crippen molar-refractivity contribution in [3.05, 3.63) is 23.7 Å². The average Bonchev–Trinajstić information content (AvgIpc) is 3.04. The molecular formula is C13H19N3O3. The number of ether oxygens (including phenoxy) is 1. The Morgan fingerprint density at radius 3 is 2.79 bits per heavy atom. The summed E-state index contributed by atoms with van der Waals surface area (Å²) in [7, 11) is 0. The van der Waals surface area contributed by atoms with E-state index < -0.39 is 5.54 Å². The third kappa shape index (κ3) is 3.02. The van der Waals surface area contributed by atoms with E-state index in [1.807, 2.05) is 26.0 Å². The van der Waals surface area contributed by atoms with Crippen LogP contribution in [0.15, 0.2) is 21.1 Å². The zero-order valence-electron chi connectivity index (χ0n) is 11.5. The van der Waals surface area contributed by atoms with Crippen LogP contribution in [0.5, 0.6) is 0 Å². The number of aromatic nitrogens is 2. The van der Waals surface area contributed by atoms with Crippen LogP contribution in [0.2, 0.25) is 0 Å². The fourth-order valence-electron chi connectivity index (χ4n) is 1.62. The first-order chi connectivity index (χ1) is 9.06. The molecule has 19 heavy (non-hydrogen) atoms. The molecule has 104 valence electrons. The van der Waals surface area contributed by atoms with Gasteiger partial charge < -0.3 is 19.4 Å². The van der Waals surface area contributed by atoms with Crippen molar-refractivity contribution in [2.45, 2.75) is 32.7 Å². The highest BCUT2D eigenvalue weighted by molar-refractivity contribution is 5.44. The molecule has 0 aliphatic carbocycles. The van der Waals surface area contributed by atoms with Crippen LogP contribution in [-0.4, -0.2) is 23.4 Å². The smallest absolute Gasteiger partial charge is 0.293 e. The highest BCUT2D eigenvalue weighted by Gasteiger charge is 2.28. The summed E-state index contributed by atoms with van der Waals surface area (Å²) in [5, 5.41) is 3.90. The molecule has 0 aromatic carbocycles. The lowest BCUT2D eigenvalue weighted by atomic mass is 10.1. The Bertz CT molecular complexity index is 531. The van der Waals surface area contributed by atoms with Gasteiger partial charge >= 0.3 is 0 Å². The first-order valence-corrected chi connectivity index (χ1v) is 6.36. The highest BCUT2D eigenvalue weighted by Crippen LogP contribution is 2.23. The predicted octanol–water partition coefficient (Wildman–Crippen LogP) is 2.10. The topological polar surface area (TPSA) is 87.3 Å². The highest BCUT2D eigenvalue weighted by atomic mass is 16.5. The van der Waals surface area contributed by atoms with E-state index in [1.54, 1.807) is 6.92 Å². The van der Waals surface area contributed by atoms with E-state index in [2.05, 4.69) is 10.1 Å². The molecule has 0 radical (unpaired) electrons. The van der Waals surface area contributed by atoms with Gasteiger partial charge in [0.05, 0.1) is 6.61 Å². The van der Waals surface area contributed by atoms with E-state index in [4.69, 9.17) is 19.4 Å². The van der Waals surface area contributed by atoms with Crippen molar-refractivity contribution in [2.24, 2.45) is 5.73 Å². The third-order valence-corrected chi connectivity index (χ3v) is 2.76. The number of furan rings is 1. The van der Waals surface area contributed by atoms with Gasteiger partial charge in [0.1, 0.15) is 11.3 Å². The Balaban J connectivity index is 2.18. The summed E-state index contributed by atoms with van der Waals surface area (Å²) in [5.74, 6) is 2.18. The molecule has 2 rings (SSSR count). The molecule has 0 aliphatic heterocycles. The van der Waals surface area contributed by atoms with Crippen molar-refractivity contribution in [3.63, 3.8) is 0 Å². The standard InChI is InChI=1S/C13H19N3O3/c1-4-9-6-7-10(18-9)11-15-12(16-19-11)13(3,14)8-17-5-2/h6-7H,4-5,8,14H2,1-3H3. The lowest BCUT2D eigenvalue weighted by molar-refractivity contribution is 0.0962. The van der Waals surface area contributed by atoms with Crippen LogP contribution in [-0.2, 0) is 16.7 Å². The lowest BCUT2D eigenvalue weighted by Gasteiger charge is -2.19. The molecule has 0 fully saturated rings. The molecule has 2 N–H and O–H groups in total. The van der Waals surface area contributed by atoms with Gasteiger partial charge in [-0.15, -0.1) is 0 Å². The molecule has 0 bridgehead atoms. The van der Waals surface area contributed by atoms with Crippen LogP contribution in [0, 0.1) is 0 Å². The molecule has 2 aromatic heterocycles. The minimum Gasteiger partial charge on any atom is -0.456 e. The van der Waals surface area contributed by atoms with Gasteiger partial charge in [0.15, 0.2) is 11.6 Å². The Labute approximate surface area is 111 Å². The summed E-state index contributed by atoms with van der Waals surface area (Å²) < 4.78 is 16.1. The van der Waals surface area contributed by atoms with Gasteiger partial charge in [-0.05, 0) is 26.0 Å². The van der Waals surface area contributed by atoms with Crippen LogP contribution in [0.3, 0.4) is 0 Å². The Morgan fingerprint density at radius 1 is 1.37 bits per heavy atom. The van der Waals surface area contributed by atoms with Crippen LogP contribution in [0.25, 0.3) is 11.7 Å². The fourth-order valence-corrected chi connectivity index (χ4v) is 1.62. The monoisotopic (exact) mass is 265 g/mol. The predicted molar refractivity (Wildman–Crippen MR) is 69.4 cm³/mol. The molecular weight excluding hydrogens is 246 g/mol. The SMILES string of the molecule is CCOCC(C)(N)c1noc(-c2ccc(CC)o2)n1. The number of nitrogens with zero attached hydrogens (tertiary/aromatic N) is 2. The maximum atomic E-state index is 6.11. The third-order valence-electron chi connectivity index (χ3n) is 2.76. The molecule has 0 saturated heterocycles. The minimum atomic E-state index is -0.780. The molecule has 0 saturated carbocycles. The van der Waals surface area contributed by atoms with Crippen molar-refractivity contribution < 1.29 is 13.7 Å². The van der Waals surface area contributed by atoms with Crippen molar-refractivity contribution in [1.82, 2.24) is 10.1 Å². The molecule has 0 spiro atoms. The van der Waals surface area contributed by atoms with Gasteiger partial charge in [-0.25, -0.2) is 0 Å². The Morgan fingerprint density at radius 2 is 2.16 bits per heavy atom. The zero-order valence-corrected chi connectivity index (χ0v) is 11.5. The molecule has 1 unspecified atom stereocenters. The van der Waals surface area contributed by atoms with Crippen molar-refractivity contribution in [1.29, 1.82) is 0 Å². The Hall–Kier alpha value is -1.66. The summed E-state index contributed by atoms with van der Waals surface area (Å²) in [4.78, 5) is 4.28. The van der Waals surface area contributed by atoms with Crippen LogP contribution >= 0.6 is 0 Å². The van der Waals surface area contributed by atoms with Gasteiger partial charge in [-0.1, -0.05) is 12.1 Å². The molecule has 6 nitrogen and oxygen atoms in total. The summed E-state index contributed by atoms with van der Waals surface area (Å²) in [6.45, 7) is 6.65. The lowest BCUT2D eigenvalue weighted by Crippen LogP contribution is -2.39. The molecule has 2 heterocycles. The van der Waals surface area contributed by atoms with E-state index in [-0.39, 0.29) is 0 Å². The second-order valence-electron chi connectivity index (χ2n) is 4.60. The van der Waals surface area contributed by atoms with E-state index in [9.17, 15) is 0 Å². The summed E-state index contributed by atoms with van der Waals surface area (Å²) >= 11 is 0. The quantitative estimate of drug-likeness (QED) is 0.860. The van der Waals surface area contributed by atoms with Gasteiger partial charge in [0.25, 0.3) is 5.89 Å².